The van der Waals surface area contributed by atoms with Gasteiger partial charge in [-0.1, -0.05) is 12.1 Å². The lowest BCUT2D eigenvalue weighted by atomic mass is 10.1. The van der Waals surface area contributed by atoms with Gasteiger partial charge in [-0.3, -0.25) is 0 Å². The fourth-order valence-corrected chi connectivity index (χ4v) is 1.68. The fourth-order valence-electron chi connectivity index (χ4n) is 1.68. The van der Waals surface area contributed by atoms with Crippen LogP contribution in [0.4, 0.5) is 4.39 Å². The molecule has 2 rings (SSSR count). The Kier molecular flexibility index (Phi) is 4.12. The smallest absolute Gasteiger partial charge is 0.137 e. The van der Waals surface area contributed by atoms with Gasteiger partial charge in [0.1, 0.15) is 17.3 Å². The van der Waals surface area contributed by atoms with Crippen LogP contribution in [0.1, 0.15) is 12.7 Å². The van der Waals surface area contributed by atoms with Crippen molar-refractivity contribution in [1.82, 2.24) is 5.32 Å². The number of benzene rings is 1. The molecular weight excluding hydrogens is 233 g/mol. The van der Waals surface area contributed by atoms with Gasteiger partial charge in [-0.15, -0.1) is 0 Å². The standard InChI is InChI=1S/C14H16FNO2/c1-10(17)8-16-9-11-6-7-14(18-11)12-4-2-3-5-13(12)15/h2-7,10,16-17H,8-9H2,1H3. The number of rotatable bonds is 5. The highest BCUT2D eigenvalue weighted by Crippen LogP contribution is 2.24. The van der Waals surface area contributed by atoms with Gasteiger partial charge in [0, 0.05) is 6.54 Å². The molecule has 1 atom stereocenters. The van der Waals surface area contributed by atoms with Crippen LogP contribution >= 0.6 is 0 Å². The highest BCUT2D eigenvalue weighted by molar-refractivity contribution is 5.58. The molecule has 0 saturated carbocycles. The first-order chi connectivity index (χ1) is 8.66. The molecule has 0 spiro atoms. The number of halogens is 1. The van der Waals surface area contributed by atoms with Gasteiger partial charge < -0.3 is 14.8 Å². The van der Waals surface area contributed by atoms with Gasteiger partial charge in [0.2, 0.25) is 0 Å². The third-order valence-electron chi connectivity index (χ3n) is 2.54. The van der Waals surface area contributed by atoms with Crippen LogP contribution in [0.25, 0.3) is 11.3 Å². The van der Waals surface area contributed by atoms with Gasteiger partial charge in [-0.05, 0) is 31.2 Å². The normalized spacial score (nSPS) is 12.6. The molecule has 0 bridgehead atoms. The van der Waals surface area contributed by atoms with Crippen molar-refractivity contribution in [2.45, 2.75) is 19.6 Å². The first-order valence-electron chi connectivity index (χ1n) is 5.89. The zero-order valence-electron chi connectivity index (χ0n) is 10.2. The highest BCUT2D eigenvalue weighted by atomic mass is 19.1. The second-order valence-corrected chi connectivity index (χ2v) is 4.23. The summed E-state index contributed by atoms with van der Waals surface area (Å²) in [6.45, 7) is 2.72. The third-order valence-corrected chi connectivity index (χ3v) is 2.54. The van der Waals surface area contributed by atoms with Crippen LogP contribution in [-0.4, -0.2) is 17.8 Å². The minimum Gasteiger partial charge on any atom is -0.460 e. The van der Waals surface area contributed by atoms with E-state index in [-0.39, 0.29) is 5.82 Å². The molecule has 3 nitrogen and oxygen atoms in total. The summed E-state index contributed by atoms with van der Waals surface area (Å²) < 4.78 is 19.1. The van der Waals surface area contributed by atoms with Crippen LogP contribution in [0.2, 0.25) is 0 Å². The van der Waals surface area contributed by atoms with E-state index in [4.69, 9.17) is 9.52 Å². The summed E-state index contributed by atoms with van der Waals surface area (Å²) in [5, 5.41) is 12.2. The third kappa shape index (κ3) is 3.18. The first-order valence-corrected chi connectivity index (χ1v) is 5.89. The Morgan fingerprint density at radius 3 is 2.78 bits per heavy atom. The lowest BCUT2D eigenvalue weighted by Gasteiger charge is -2.04. The molecular formula is C14H16FNO2. The van der Waals surface area contributed by atoms with Crippen molar-refractivity contribution in [1.29, 1.82) is 0 Å². The summed E-state index contributed by atoms with van der Waals surface area (Å²) in [6, 6.07) is 10.1. The molecule has 0 aliphatic carbocycles. The van der Waals surface area contributed by atoms with Crippen LogP contribution in [-0.2, 0) is 6.54 Å². The van der Waals surface area contributed by atoms with Gasteiger partial charge in [-0.25, -0.2) is 4.39 Å². The lowest BCUT2D eigenvalue weighted by molar-refractivity contribution is 0.190. The number of furan rings is 1. The van der Waals surface area contributed by atoms with E-state index in [2.05, 4.69) is 5.32 Å². The maximum Gasteiger partial charge on any atom is 0.137 e. The van der Waals surface area contributed by atoms with Gasteiger partial charge in [0.25, 0.3) is 0 Å². The molecule has 0 radical (unpaired) electrons. The Morgan fingerprint density at radius 2 is 2.06 bits per heavy atom. The highest BCUT2D eigenvalue weighted by Gasteiger charge is 2.08. The van der Waals surface area contributed by atoms with Crippen molar-refractivity contribution in [2.75, 3.05) is 6.54 Å². The van der Waals surface area contributed by atoms with Crippen LogP contribution in [0.3, 0.4) is 0 Å². The quantitative estimate of drug-likeness (QED) is 0.856. The van der Waals surface area contributed by atoms with Crippen LogP contribution in [0.15, 0.2) is 40.8 Å². The summed E-state index contributed by atoms with van der Waals surface area (Å²) in [5.74, 6) is 0.936. The topological polar surface area (TPSA) is 45.4 Å². The van der Waals surface area contributed by atoms with Crippen LogP contribution in [0.5, 0.6) is 0 Å². The van der Waals surface area contributed by atoms with Crippen molar-refractivity contribution in [3.8, 4) is 11.3 Å². The van der Waals surface area contributed by atoms with Crippen molar-refractivity contribution >= 4 is 0 Å². The molecule has 1 unspecified atom stereocenters. The molecule has 0 aliphatic rings. The summed E-state index contributed by atoms with van der Waals surface area (Å²) in [6.07, 6.45) is -0.397. The molecule has 1 aromatic heterocycles. The van der Waals surface area contributed by atoms with Crippen LogP contribution < -0.4 is 5.32 Å². The van der Waals surface area contributed by atoms with E-state index >= 15 is 0 Å². The van der Waals surface area contributed by atoms with E-state index in [1.165, 1.54) is 6.07 Å². The second-order valence-electron chi connectivity index (χ2n) is 4.23. The molecule has 0 saturated heterocycles. The Balaban J connectivity index is 2.04. The zero-order chi connectivity index (χ0) is 13.0. The molecule has 1 heterocycles. The monoisotopic (exact) mass is 249 g/mol. The summed E-state index contributed by atoms with van der Waals surface area (Å²) in [4.78, 5) is 0. The fraction of sp³-hybridized carbons (Fsp3) is 0.286. The molecule has 1 aromatic carbocycles. The van der Waals surface area contributed by atoms with Crippen molar-refractivity contribution in [3.63, 3.8) is 0 Å². The maximum absolute atomic E-state index is 13.5. The summed E-state index contributed by atoms with van der Waals surface area (Å²) in [7, 11) is 0. The number of hydrogen-bond acceptors (Lipinski definition) is 3. The van der Waals surface area contributed by atoms with E-state index in [1.54, 1.807) is 37.3 Å². The molecule has 18 heavy (non-hydrogen) atoms. The summed E-state index contributed by atoms with van der Waals surface area (Å²) >= 11 is 0. The molecule has 96 valence electrons. The number of hydrogen-bond donors (Lipinski definition) is 2. The largest absolute Gasteiger partial charge is 0.460 e. The average Bonchev–Trinajstić information content (AvgIpc) is 2.78. The van der Waals surface area contributed by atoms with Crippen molar-refractivity contribution in [3.05, 3.63) is 48.0 Å². The molecule has 0 fully saturated rings. The second kappa shape index (κ2) is 5.80. The minimum absolute atomic E-state index is 0.296. The molecule has 2 aromatic rings. The average molecular weight is 249 g/mol. The zero-order valence-corrected chi connectivity index (χ0v) is 10.2. The van der Waals surface area contributed by atoms with Crippen molar-refractivity contribution in [2.24, 2.45) is 0 Å². The van der Waals surface area contributed by atoms with Crippen LogP contribution in [0, 0.1) is 5.82 Å². The first kappa shape index (κ1) is 12.8. The lowest BCUT2D eigenvalue weighted by Crippen LogP contribution is -2.23. The van der Waals surface area contributed by atoms with E-state index < -0.39 is 6.10 Å². The van der Waals surface area contributed by atoms with E-state index in [0.717, 1.165) is 0 Å². The molecule has 2 N–H and O–H groups in total. The minimum atomic E-state index is -0.397. The Labute approximate surface area is 105 Å². The molecule has 0 amide bonds. The van der Waals surface area contributed by atoms with E-state index in [0.29, 0.717) is 30.2 Å². The van der Waals surface area contributed by atoms with Gasteiger partial charge in [-0.2, -0.15) is 0 Å². The summed E-state index contributed by atoms with van der Waals surface area (Å²) in [5.41, 5.74) is 0.458. The van der Waals surface area contributed by atoms with Crippen molar-refractivity contribution < 1.29 is 13.9 Å². The molecule has 0 aliphatic heterocycles. The molecule has 4 heteroatoms. The van der Waals surface area contributed by atoms with Gasteiger partial charge in [0.15, 0.2) is 0 Å². The van der Waals surface area contributed by atoms with Gasteiger partial charge >= 0.3 is 0 Å². The Morgan fingerprint density at radius 1 is 1.28 bits per heavy atom. The number of aliphatic hydroxyl groups is 1. The Bertz CT molecular complexity index is 508. The Hall–Kier alpha value is -1.65. The SMILES string of the molecule is CC(O)CNCc1ccc(-c2ccccc2F)o1. The van der Waals surface area contributed by atoms with Gasteiger partial charge in [0.05, 0.1) is 18.2 Å². The van der Waals surface area contributed by atoms with E-state index in [9.17, 15) is 4.39 Å². The number of nitrogens with one attached hydrogen (secondary N) is 1. The maximum atomic E-state index is 13.5. The predicted octanol–water partition coefficient (Wildman–Crippen LogP) is 2.56. The van der Waals surface area contributed by atoms with E-state index in [1.807, 2.05) is 0 Å². The number of aliphatic hydroxyl groups excluding tert-OH is 1. The predicted molar refractivity (Wildman–Crippen MR) is 67.5 cm³/mol.